The lowest BCUT2D eigenvalue weighted by Gasteiger charge is -2.06. The molecule has 0 aromatic heterocycles. The highest BCUT2D eigenvalue weighted by atomic mass is 16.5. The molecule has 1 saturated carbocycles. The van der Waals surface area contributed by atoms with Crippen LogP contribution in [0, 0.1) is 0 Å². The summed E-state index contributed by atoms with van der Waals surface area (Å²) in [5.74, 6) is 0.798. The first kappa shape index (κ1) is 11.0. The molecule has 1 fully saturated rings. The molecule has 0 saturated heterocycles. The van der Waals surface area contributed by atoms with Gasteiger partial charge < -0.3 is 15.8 Å². The summed E-state index contributed by atoms with van der Waals surface area (Å²) in [6, 6.07) is 9.80. The molecule has 0 aliphatic heterocycles. The first-order valence-electron chi connectivity index (χ1n) is 5.48. The van der Waals surface area contributed by atoms with Crippen molar-refractivity contribution in [3.8, 4) is 5.75 Å². The first-order chi connectivity index (χ1) is 7.75. The van der Waals surface area contributed by atoms with Gasteiger partial charge >= 0.3 is 0 Å². The van der Waals surface area contributed by atoms with Crippen molar-refractivity contribution in [2.45, 2.75) is 24.9 Å². The zero-order chi connectivity index (χ0) is 11.4. The van der Waals surface area contributed by atoms with Crippen molar-refractivity contribution in [2.75, 3.05) is 6.61 Å². The highest BCUT2D eigenvalue weighted by molar-refractivity contribution is 5.76. The summed E-state index contributed by atoms with van der Waals surface area (Å²) in [5, 5.41) is 2.85. The molecule has 86 valence electrons. The van der Waals surface area contributed by atoms with Gasteiger partial charge in [-0.2, -0.15) is 0 Å². The monoisotopic (exact) mass is 220 g/mol. The van der Waals surface area contributed by atoms with E-state index < -0.39 is 0 Å². The molecule has 1 aromatic rings. The van der Waals surface area contributed by atoms with Crippen LogP contribution in [0.2, 0.25) is 0 Å². The molecule has 0 radical (unpaired) electrons. The lowest BCUT2D eigenvalue weighted by molar-refractivity contribution is -0.121. The van der Waals surface area contributed by atoms with Crippen molar-refractivity contribution in [1.82, 2.24) is 5.32 Å². The lowest BCUT2D eigenvalue weighted by atomic mass is 10.3. The number of nitrogens with one attached hydrogen (secondary N) is 1. The second-order valence-electron chi connectivity index (χ2n) is 3.99. The Bertz CT molecular complexity index is 353. The molecule has 1 aromatic carbocycles. The van der Waals surface area contributed by atoms with E-state index in [4.69, 9.17) is 10.5 Å². The van der Waals surface area contributed by atoms with Crippen LogP contribution in [0.3, 0.4) is 0 Å². The second kappa shape index (κ2) is 4.99. The van der Waals surface area contributed by atoms with Crippen LogP contribution in [0.5, 0.6) is 5.75 Å². The fraction of sp³-hybridized carbons (Fsp3) is 0.417. The van der Waals surface area contributed by atoms with E-state index in [0.29, 0.717) is 13.0 Å². The predicted molar refractivity (Wildman–Crippen MR) is 61.1 cm³/mol. The number of ether oxygens (including phenoxy) is 1. The molecule has 1 aliphatic rings. The van der Waals surface area contributed by atoms with Gasteiger partial charge in [-0.3, -0.25) is 4.79 Å². The van der Waals surface area contributed by atoms with E-state index in [9.17, 15) is 4.79 Å². The van der Waals surface area contributed by atoms with E-state index in [-0.39, 0.29) is 18.0 Å². The molecular formula is C12H16N2O2. The molecule has 2 rings (SSSR count). The molecule has 1 amide bonds. The van der Waals surface area contributed by atoms with Crippen LogP contribution in [0.25, 0.3) is 0 Å². The number of benzene rings is 1. The normalized spacial score (nSPS) is 22.6. The summed E-state index contributed by atoms with van der Waals surface area (Å²) < 4.78 is 5.41. The van der Waals surface area contributed by atoms with E-state index >= 15 is 0 Å². The average Bonchev–Trinajstić information content (AvgIpc) is 2.95. The van der Waals surface area contributed by atoms with Crippen LogP contribution in [0.1, 0.15) is 12.8 Å². The second-order valence-corrected chi connectivity index (χ2v) is 3.99. The lowest BCUT2D eigenvalue weighted by Crippen LogP contribution is -2.30. The third kappa shape index (κ3) is 3.24. The quantitative estimate of drug-likeness (QED) is 0.766. The molecule has 4 nitrogen and oxygen atoms in total. The van der Waals surface area contributed by atoms with Gasteiger partial charge in [-0.15, -0.1) is 0 Å². The van der Waals surface area contributed by atoms with Crippen molar-refractivity contribution < 1.29 is 9.53 Å². The number of carbonyl (C=O) groups excluding carboxylic acids is 1. The molecule has 0 bridgehead atoms. The molecule has 0 heterocycles. The number of hydrogen-bond acceptors (Lipinski definition) is 3. The summed E-state index contributed by atoms with van der Waals surface area (Å²) >= 11 is 0. The molecule has 2 atom stereocenters. The standard InChI is InChI=1S/C12H16N2O2/c13-10-8-11(10)14-12(15)6-7-16-9-4-2-1-3-5-9/h1-5,10-11H,6-8,13H2,(H,14,15). The smallest absolute Gasteiger partial charge is 0.223 e. The van der Waals surface area contributed by atoms with Gasteiger partial charge in [-0.05, 0) is 18.6 Å². The molecule has 4 heteroatoms. The Morgan fingerprint density at radius 1 is 1.44 bits per heavy atom. The van der Waals surface area contributed by atoms with Crippen molar-refractivity contribution in [3.63, 3.8) is 0 Å². The summed E-state index contributed by atoms with van der Waals surface area (Å²) in [5.41, 5.74) is 5.59. The maximum atomic E-state index is 11.4. The minimum atomic E-state index is 0.00822. The van der Waals surface area contributed by atoms with Crippen LogP contribution in [-0.4, -0.2) is 24.6 Å². The Balaban J connectivity index is 1.62. The predicted octanol–water partition coefficient (Wildman–Crippen LogP) is 0.671. The van der Waals surface area contributed by atoms with Gasteiger partial charge in [0.25, 0.3) is 0 Å². The van der Waals surface area contributed by atoms with E-state index in [1.807, 2.05) is 30.3 Å². The van der Waals surface area contributed by atoms with Gasteiger partial charge in [-0.1, -0.05) is 18.2 Å². The maximum absolute atomic E-state index is 11.4. The zero-order valence-electron chi connectivity index (χ0n) is 9.06. The first-order valence-corrected chi connectivity index (χ1v) is 5.48. The highest BCUT2D eigenvalue weighted by Gasteiger charge is 2.34. The Kier molecular flexibility index (Phi) is 3.41. The molecule has 0 spiro atoms. The van der Waals surface area contributed by atoms with E-state index in [2.05, 4.69) is 5.32 Å². The minimum Gasteiger partial charge on any atom is -0.493 e. The number of nitrogens with two attached hydrogens (primary N) is 1. The van der Waals surface area contributed by atoms with E-state index in [1.165, 1.54) is 0 Å². The molecule has 16 heavy (non-hydrogen) atoms. The molecule has 2 unspecified atom stereocenters. The summed E-state index contributed by atoms with van der Waals surface area (Å²) in [6.07, 6.45) is 1.27. The Labute approximate surface area is 94.8 Å². The number of hydrogen-bond donors (Lipinski definition) is 2. The Morgan fingerprint density at radius 3 is 2.75 bits per heavy atom. The van der Waals surface area contributed by atoms with Crippen LogP contribution < -0.4 is 15.8 Å². The van der Waals surface area contributed by atoms with Crippen molar-refractivity contribution in [1.29, 1.82) is 0 Å². The maximum Gasteiger partial charge on any atom is 0.223 e. The Morgan fingerprint density at radius 2 is 2.12 bits per heavy atom. The fourth-order valence-electron chi connectivity index (χ4n) is 1.44. The number of carbonyl (C=O) groups is 1. The van der Waals surface area contributed by atoms with Gasteiger partial charge in [0.2, 0.25) is 5.91 Å². The third-order valence-electron chi connectivity index (χ3n) is 2.53. The fourth-order valence-corrected chi connectivity index (χ4v) is 1.44. The molecular weight excluding hydrogens is 204 g/mol. The number of para-hydroxylation sites is 1. The summed E-state index contributed by atoms with van der Waals surface area (Å²) in [4.78, 5) is 11.4. The topological polar surface area (TPSA) is 64.3 Å². The summed E-state index contributed by atoms with van der Waals surface area (Å²) in [6.45, 7) is 0.401. The highest BCUT2D eigenvalue weighted by Crippen LogP contribution is 2.17. The number of amides is 1. The Hall–Kier alpha value is -1.55. The van der Waals surface area contributed by atoms with Gasteiger partial charge in [-0.25, -0.2) is 0 Å². The summed E-state index contributed by atoms with van der Waals surface area (Å²) in [7, 11) is 0. The molecule has 1 aliphatic carbocycles. The van der Waals surface area contributed by atoms with Gasteiger partial charge in [0, 0.05) is 12.1 Å². The minimum absolute atomic E-state index is 0.00822. The van der Waals surface area contributed by atoms with Crippen molar-refractivity contribution in [2.24, 2.45) is 5.73 Å². The van der Waals surface area contributed by atoms with Gasteiger partial charge in [0.05, 0.1) is 13.0 Å². The van der Waals surface area contributed by atoms with Gasteiger partial charge in [0.15, 0.2) is 0 Å². The zero-order valence-corrected chi connectivity index (χ0v) is 9.06. The van der Waals surface area contributed by atoms with Crippen LogP contribution in [-0.2, 0) is 4.79 Å². The van der Waals surface area contributed by atoms with Crippen LogP contribution >= 0.6 is 0 Å². The number of rotatable bonds is 5. The third-order valence-corrected chi connectivity index (χ3v) is 2.53. The van der Waals surface area contributed by atoms with Crippen molar-refractivity contribution in [3.05, 3.63) is 30.3 Å². The van der Waals surface area contributed by atoms with Crippen molar-refractivity contribution >= 4 is 5.91 Å². The van der Waals surface area contributed by atoms with Crippen LogP contribution in [0.4, 0.5) is 0 Å². The molecule has 3 N–H and O–H groups in total. The van der Waals surface area contributed by atoms with Gasteiger partial charge in [0.1, 0.15) is 5.75 Å². The van der Waals surface area contributed by atoms with E-state index in [0.717, 1.165) is 12.2 Å². The van der Waals surface area contributed by atoms with Crippen LogP contribution in [0.15, 0.2) is 30.3 Å². The largest absolute Gasteiger partial charge is 0.493 e. The average molecular weight is 220 g/mol. The SMILES string of the molecule is NC1CC1NC(=O)CCOc1ccccc1. The van der Waals surface area contributed by atoms with E-state index in [1.54, 1.807) is 0 Å².